The molecule has 2 aromatic rings. The van der Waals surface area contributed by atoms with Crippen LogP contribution in [0.5, 0.6) is 0 Å². The lowest BCUT2D eigenvalue weighted by Gasteiger charge is -2.05. The molecule has 20 heavy (non-hydrogen) atoms. The van der Waals surface area contributed by atoms with Gasteiger partial charge in [0.15, 0.2) is 5.15 Å². The van der Waals surface area contributed by atoms with Crippen LogP contribution in [0.4, 0.5) is 14.5 Å². The third-order valence-corrected chi connectivity index (χ3v) is 3.19. The van der Waals surface area contributed by atoms with Crippen molar-refractivity contribution in [2.24, 2.45) is 0 Å². The van der Waals surface area contributed by atoms with Gasteiger partial charge < -0.3 is 10.3 Å². The maximum Gasteiger partial charge on any atom is 0.152 e. The molecule has 0 radical (unpaired) electrons. The molecule has 0 saturated carbocycles. The average Bonchev–Trinajstić information content (AvgIpc) is 2.73. The van der Waals surface area contributed by atoms with Crippen LogP contribution >= 0.6 is 11.6 Å². The van der Waals surface area contributed by atoms with Crippen LogP contribution in [0.2, 0.25) is 5.15 Å². The van der Waals surface area contributed by atoms with Gasteiger partial charge in [-0.3, -0.25) is 0 Å². The highest BCUT2D eigenvalue weighted by atomic mass is 35.5. The van der Waals surface area contributed by atoms with Gasteiger partial charge >= 0.3 is 0 Å². The Hall–Kier alpha value is -1.62. The second-order valence-corrected chi connectivity index (χ2v) is 4.93. The van der Waals surface area contributed by atoms with E-state index in [2.05, 4.69) is 22.2 Å². The number of hydrogen-bond acceptors (Lipinski definition) is 2. The van der Waals surface area contributed by atoms with Gasteiger partial charge in [0.05, 0.1) is 12.2 Å². The molecule has 0 unspecified atom stereocenters. The number of anilines is 1. The first kappa shape index (κ1) is 14.8. The second-order valence-electron chi connectivity index (χ2n) is 4.57. The van der Waals surface area contributed by atoms with Gasteiger partial charge in [0.1, 0.15) is 17.5 Å². The van der Waals surface area contributed by atoms with Gasteiger partial charge in [0, 0.05) is 18.2 Å². The Morgan fingerprint density at radius 2 is 1.95 bits per heavy atom. The van der Waals surface area contributed by atoms with Crippen LogP contribution in [0.15, 0.2) is 18.2 Å². The molecule has 0 fully saturated rings. The Kier molecular flexibility index (Phi) is 4.95. The molecule has 108 valence electrons. The standard InChI is InChI=1S/C14H16ClF2N3/c1-2-3-4-13-19-12(14(15)20-13)8-18-11-6-9(16)5-10(17)7-11/h5-7,18H,2-4,8H2,1H3,(H,19,20). The van der Waals surface area contributed by atoms with Crippen molar-refractivity contribution >= 4 is 17.3 Å². The molecule has 3 nitrogen and oxygen atoms in total. The highest BCUT2D eigenvalue weighted by Crippen LogP contribution is 2.18. The van der Waals surface area contributed by atoms with E-state index in [1.165, 1.54) is 12.1 Å². The quantitative estimate of drug-likeness (QED) is 0.835. The minimum atomic E-state index is -0.619. The third-order valence-electron chi connectivity index (χ3n) is 2.88. The van der Waals surface area contributed by atoms with Crippen LogP contribution in [0.3, 0.4) is 0 Å². The molecule has 1 aromatic carbocycles. The fraction of sp³-hybridized carbons (Fsp3) is 0.357. The molecule has 1 aromatic heterocycles. The first-order valence-electron chi connectivity index (χ1n) is 6.51. The van der Waals surface area contributed by atoms with Gasteiger partial charge in [-0.15, -0.1) is 0 Å². The minimum Gasteiger partial charge on any atom is -0.379 e. The Morgan fingerprint density at radius 3 is 2.60 bits per heavy atom. The number of unbranched alkanes of at least 4 members (excludes halogenated alkanes) is 1. The van der Waals surface area contributed by atoms with Crippen LogP contribution in [0.25, 0.3) is 0 Å². The number of hydrogen-bond donors (Lipinski definition) is 2. The smallest absolute Gasteiger partial charge is 0.152 e. The number of H-pyrrole nitrogens is 1. The molecule has 2 N–H and O–H groups in total. The van der Waals surface area contributed by atoms with Crippen LogP contribution in [0.1, 0.15) is 31.3 Å². The van der Waals surface area contributed by atoms with E-state index in [4.69, 9.17) is 11.6 Å². The fourth-order valence-corrected chi connectivity index (χ4v) is 2.08. The molecule has 0 atom stereocenters. The molecule has 2 rings (SSSR count). The van der Waals surface area contributed by atoms with Gasteiger partial charge in [0.25, 0.3) is 0 Å². The monoisotopic (exact) mass is 299 g/mol. The van der Waals surface area contributed by atoms with Crippen molar-refractivity contribution in [3.8, 4) is 0 Å². The van der Waals surface area contributed by atoms with Crippen molar-refractivity contribution < 1.29 is 8.78 Å². The predicted octanol–water partition coefficient (Wildman–Crippen LogP) is 4.30. The lowest BCUT2D eigenvalue weighted by molar-refractivity contribution is 0.584. The number of aromatic amines is 1. The van der Waals surface area contributed by atoms with Crippen LogP contribution in [-0.4, -0.2) is 9.97 Å². The van der Waals surface area contributed by atoms with Crippen molar-refractivity contribution in [3.05, 3.63) is 46.5 Å². The number of imidazole rings is 1. The first-order valence-corrected chi connectivity index (χ1v) is 6.89. The van der Waals surface area contributed by atoms with E-state index in [-0.39, 0.29) is 0 Å². The SMILES string of the molecule is CCCCc1nc(Cl)c(CNc2cc(F)cc(F)c2)[nH]1. The van der Waals surface area contributed by atoms with Gasteiger partial charge in [-0.1, -0.05) is 24.9 Å². The normalized spacial score (nSPS) is 10.8. The lowest BCUT2D eigenvalue weighted by Crippen LogP contribution is -2.01. The Labute approximate surface area is 121 Å². The summed E-state index contributed by atoms with van der Waals surface area (Å²) in [5.74, 6) is -0.405. The summed E-state index contributed by atoms with van der Waals surface area (Å²) in [5, 5.41) is 3.31. The van der Waals surface area contributed by atoms with Gasteiger partial charge in [-0.05, 0) is 18.6 Å². The number of rotatable bonds is 6. The number of aryl methyl sites for hydroxylation is 1. The van der Waals surface area contributed by atoms with Crippen molar-refractivity contribution in [1.82, 2.24) is 9.97 Å². The molecular weight excluding hydrogens is 284 g/mol. The highest BCUT2D eigenvalue weighted by Gasteiger charge is 2.08. The third kappa shape index (κ3) is 3.93. The zero-order valence-electron chi connectivity index (χ0n) is 11.1. The van der Waals surface area contributed by atoms with Crippen molar-refractivity contribution in [1.29, 1.82) is 0 Å². The van der Waals surface area contributed by atoms with E-state index in [1.807, 2.05) is 0 Å². The van der Waals surface area contributed by atoms with E-state index in [9.17, 15) is 8.78 Å². The van der Waals surface area contributed by atoms with E-state index in [1.54, 1.807) is 0 Å². The Morgan fingerprint density at radius 1 is 1.25 bits per heavy atom. The molecule has 1 heterocycles. The summed E-state index contributed by atoms with van der Waals surface area (Å²) in [4.78, 5) is 7.34. The number of halogens is 3. The summed E-state index contributed by atoms with van der Waals surface area (Å²) >= 11 is 6.02. The molecular formula is C14H16ClF2N3. The summed E-state index contributed by atoms with van der Waals surface area (Å²) in [6.45, 7) is 2.44. The average molecular weight is 300 g/mol. The molecule has 0 aliphatic rings. The predicted molar refractivity (Wildman–Crippen MR) is 75.9 cm³/mol. The minimum absolute atomic E-state index is 0.334. The Balaban J connectivity index is 2.01. The van der Waals surface area contributed by atoms with Crippen molar-refractivity contribution in [2.45, 2.75) is 32.7 Å². The molecule has 0 amide bonds. The maximum atomic E-state index is 13.1. The molecule has 6 heteroatoms. The lowest BCUT2D eigenvalue weighted by atomic mass is 10.2. The van der Waals surface area contributed by atoms with E-state index >= 15 is 0 Å². The number of nitrogens with one attached hydrogen (secondary N) is 2. The molecule has 0 saturated heterocycles. The first-order chi connectivity index (χ1) is 9.58. The zero-order chi connectivity index (χ0) is 14.5. The van der Waals surface area contributed by atoms with Crippen LogP contribution in [0, 0.1) is 11.6 Å². The molecule has 0 aliphatic heterocycles. The largest absolute Gasteiger partial charge is 0.379 e. The van der Waals surface area contributed by atoms with Gasteiger partial charge in [-0.2, -0.15) is 0 Å². The molecule has 0 spiro atoms. The van der Waals surface area contributed by atoms with Gasteiger partial charge in [0.2, 0.25) is 0 Å². The highest BCUT2D eigenvalue weighted by molar-refractivity contribution is 6.30. The fourth-order valence-electron chi connectivity index (χ4n) is 1.87. The summed E-state index contributed by atoms with van der Waals surface area (Å²) in [6, 6.07) is 3.29. The number of aromatic nitrogens is 2. The molecule has 0 bridgehead atoms. The Bertz CT molecular complexity index is 564. The van der Waals surface area contributed by atoms with E-state index < -0.39 is 11.6 Å². The number of benzene rings is 1. The summed E-state index contributed by atoms with van der Waals surface area (Å²) in [7, 11) is 0. The van der Waals surface area contributed by atoms with E-state index in [0.717, 1.165) is 31.2 Å². The van der Waals surface area contributed by atoms with Crippen molar-refractivity contribution in [3.63, 3.8) is 0 Å². The van der Waals surface area contributed by atoms with E-state index in [0.29, 0.717) is 23.1 Å². The molecule has 0 aliphatic carbocycles. The van der Waals surface area contributed by atoms with Crippen LogP contribution < -0.4 is 5.32 Å². The zero-order valence-corrected chi connectivity index (χ0v) is 11.9. The van der Waals surface area contributed by atoms with Crippen LogP contribution in [-0.2, 0) is 13.0 Å². The summed E-state index contributed by atoms with van der Waals surface area (Å²) in [6.07, 6.45) is 2.95. The number of nitrogens with zero attached hydrogens (tertiary/aromatic N) is 1. The summed E-state index contributed by atoms with van der Waals surface area (Å²) in [5.41, 5.74) is 1.07. The second kappa shape index (κ2) is 6.70. The van der Waals surface area contributed by atoms with Crippen molar-refractivity contribution in [2.75, 3.05) is 5.32 Å². The van der Waals surface area contributed by atoms with Gasteiger partial charge in [-0.25, -0.2) is 13.8 Å². The maximum absolute atomic E-state index is 13.1. The summed E-state index contributed by atoms with van der Waals surface area (Å²) < 4.78 is 26.1. The topological polar surface area (TPSA) is 40.7 Å².